The molecule has 0 aliphatic heterocycles. The molecular formula is C21H23ClFN3O3. The van der Waals surface area contributed by atoms with E-state index < -0.39 is 23.0 Å². The molecule has 0 bridgehead atoms. The third-order valence-electron chi connectivity index (χ3n) is 4.33. The molecule has 2 aromatic rings. The van der Waals surface area contributed by atoms with Crippen LogP contribution < -0.4 is 10.6 Å². The molecule has 2 aromatic carbocycles. The summed E-state index contributed by atoms with van der Waals surface area (Å²) < 4.78 is 13.3. The maximum atomic E-state index is 13.3. The van der Waals surface area contributed by atoms with E-state index in [1.165, 1.54) is 23.1 Å². The Labute approximate surface area is 174 Å². The number of nitrogens with zero attached hydrogens (tertiary/aromatic N) is 1. The highest BCUT2D eigenvalue weighted by Gasteiger charge is 2.26. The van der Waals surface area contributed by atoms with Crippen LogP contribution in [0.25, 0.3) is 0 Å². The second-order valence-electron chi connectivity index (χ2n) is 7.43. The number of carbonyl (C=O) groups excluding carboxylic acids is 3. The SMILES string of the molecule is CN(C)C(=O)c1cccc(NC(=O)C(=O)NCC(C)(C)c2ccc(F)cc2Cl)c1. The summed E-state index contributed by atoms with van der Waals surface area (Å²) in [4.78, 5) is 37.8. The normalized spacial score (nSPS) is 11.0. The number of hydrogen-bond donors (Lipinski definition) is 2. The Morgan fingerprint density at radius 1 is 1.07 bits per heavy atom. The summed E-state index contributed by atoms with van der Waals surface area (Å²) in [5, 5.41) is 5.28. The summed E-state index contributed by atoms with van der Waals surface area (Å²) in [5.41, 5.74) is 0.744. The molecule has 0 saturated heterocycles. The van der Waals surface area contributed by atoms with E-state index in [1.807, 2.05) is 13.8 Å². The first kappa shape index (κ1) is 22.4. The van der Waals surface area contributed by atoms with Crippen molar-refractivity contribution in [1.82, 2.24) is 10.2 Å². The van der Waals surface area contributed by atoms with Gasteiger partial charge in [0, 0.05) is 42.3 Å². The highest BCUT2D eigenvalue weighted by molar-refractivity contribution is 6.39. The summed E-state index contributed by atoms with van der Waals surface area (Å²) in [6.45, 7) is 3.75. The monoisotopic (exact) mass is 419 g/mol. The summed E-state index contributed by atoms with van der Waals surface area (Å²) in [6.07, 6.45) is 0. The molecule has 0 aromatic heterocycles. The van der Waals surface area contributed by atoms with Gasteiger partial charge in [-0.2, -0.15) is 0 Å². The van der Waals surface area contributed by atoms with Crippen LogP contribution in [0.4, 0.5) is 10.1 Å². The van der Waals surface area contributed by atoms with Gasteiger partial charge in [0.25, 0.3) is 5.91 Å². The van der Waals surface area contributed by atoms with E-state index in [1.54, 1.807) is 38.4 Å². The quantitative estimate of drug-likeness (QED) is 0.730. The number of halogens is 2. The molecule has 0 atom stereocenters. The molecule has 3 amide bonds. The maximum absolute atomic E-state index is 13.3. The van der Waals surface area contributed by atoms with E-state index in [9.17, 15) is 18.8 Å². The van der Waals surface area contributed by atoms with E-state index in [0.717, 1.165) is 0 Å². The zero-order valence-corrected chi connectivity index (χ0v) is 17.4. The predicted octanol–water partition coefficient (Wildman–Crippen LogP) is 3.21. The van der Waals surface area contributed by atoms with Crippen molar-refractivity contribution in [2.24, 2.45) is 0 Å². The van der Waals surface area contributed by atoms with Crippen LogP contribution in [0, 0.1) is 5.82 Å². The second-order valence-corrected chi connectivity index (χ2v) is 7.83. The van der Waals surface area contributed by atoms with Gasteiger partial charge < -0.3 is 15.5 Å². The molecule has 2 N–H and O–H groups in total. The Balaban J connectivity index is 2.01. The van der Waals surface area contributed by atoms with Crippen molar-refractivity contribution in [3.05, 3.63) is 64.4 Å². The van der Waals surface area contributed by atoms with Crippen LogP contribution in [0.15, 0.2) is 42.5 Å². The van der Waals surface area contributed by atoms with Gasteiger partial charge in [0.15, 0.2) is 0 Å². The maximum Gasteiger partial charge on any atom is 0.313 e. The molecule has 29 heavy (non-hydrogen) atoms. The van der Waals surface area contributed by atoms with Crippen molar-refractivity contribution in [3.63, 3.8) is 0 Å². The lowest BCUT2D eigenvalue weighted by Crippen LogP contribution is -2.42. The number of amides is 3. The predicted molar refractivity (Wildman–Crippen MR) is 111 cm³/mol. The van der Waals surface area contributed by atoms with Gasteiger partial charge in [-0.05, 0) is 35.9 Å². The first-order valence-electron chi connectivity index (χ1n) is 8.87. The Morgan fingerprint density at radius 2 is 1.76 bits per heavy atom. The molecule has 0 aliphatic carbocycles. The molecule has 0 unspecified atom stereocenters. The molecule has 0 heterocycles. The number of benzene rings is 2. The van der Waals surface area contributed by atoms with Crippen molar-refractivity contribution < 1.29 is 18.8 Å². The van der Waals surface area contributed by atoms with Gasteiger partial charge in [0.2, 0.25) is 0 Å². The van der Waals surface area contributed by atoms with Gasteiger partial charge >= 0.3 is 11.8 Å². The van der Waals surface area contributed by atoms with E-state index in [4.69, 9.17) is 11.6 Å². The minimum absolute atomic E-state index is 0.115. The molecule has 0 saturated carbocycles. The summed E-state index contributed by atoms with van der Waals surface area (Å²) >= 11 is 6.10. The molecule has 6 nitrogen and oxygen atoms in total. The fourth-order valence-electron chi connectivity index (χ4n) is 2.69. The number of anilines is 1. The smallest absolute Gasteiger partial charge is 0.313 e. The van der Waals surface area contributed by atoms with E-state index >= 15 is 0 Å². The molecule has 0 spiro atoms. The first-order chi connectivity index (χ1) is 13.5. The first-order valence-corrected chi connectivity index (χ1v) is 9.25. The van der Waals surface area contributed by atoms with Gasteiger partial charge in [-0.25, -0.2) is 4.39 Å². The summed E-state index contributed by atoms with van der Waals surface area (Å²) in [5.74, 6) is -2.36. The molecule has 0 radical (unpaired) electrons. The van der Waals surface area contributed by atoms with Crippen molar-refractivity contribution in [3.8, 4) is 0 Å². The van der Waals surface area contributed by atoms with Gasteiger partial charge in [-0.1, -0.05) is 37.6 Å². The zero-order chi connectivity index (χ0) is 21.8. The minimum Gasteiger partial charge on any atom is -0.347 e. The fraction of sp³-hybridized carbons (Fsp3) is 0.286. The van der Waals surface area contributed by atoms with Gasteiger partial charge in [-0.15, -0.1) is 0 Å². The standard InChI is InChI=1S/C21H23ClFN3O3/c1-21(2,16-9-8-14(23)11-17(16)22)12-24-18(27)19(28)25-15-7-5-6-13(10-15)20(29)26(3)4/h5-11H,12H2,1-4H3,(H,24,27)(H,25,28). The number of nitrogens with one attached hydrogen (secondary N) is 2. The van der Waals surface area contributed by atoms with Gasteiger partial charge in [0.05, 0.1) is 0 Å². The number of hydrogen-bond acceptors (Lipinski definition) is 3. The minimum atomic E-state index is -0.861. The number of rotatable bonds is 5. The lowest BCUT2D eigenvalue weighted by atomic mass is 9.84. The second kappa shape index (κ2) is 9.05. The highest BCUT2D eigenvalue weighted by Crippen LogP contribution is 2.29. The van der Waals surface area contributed by atoms with E-state index in [0.29, 0.717) is 16.8 Å². The van der Waals surface area contributed by atoms with Crippen molar-refractivity contribution in [1.29, 1.82) is 0 Å². The molecule has 0 aliphatic rings. The average molecular weight is 420 g/mol. The Bertz CT molecular complexity index is 945. The Kier molecular flexibility index (Phi) is 6.97. The summed E-state index contributed by atoms with van der Waals surface area (Å²) in [6, 6.07) is 10.4. The third kappa shape index (κ3) is 5.77. The fourth-order valence-corrected chi connectivity index (χ4v) is 3.11. The zero-order valence-electron chi connectivity index (χ0n) is 16.7. The third-order valence-corrected chi connectivity index (χ3v) is 4.64. The van der Waals surface area contributed by atoms with Crippen molar-refractivity contribution in [2.45, 2.75) is 19.3 Å². The summed E-state index contributed by atoms with van der Waals surface area (Å²) in [7, 11) is 3.24. The van der Waals surface area contributed by atoms with E-state index in [2.05, 4.69) is 10.6 Å². The number of carbonyl (C=O) groups is 3. The van der Waals surface area contributed by atoms with Gasteiger partial charge in [0.1, 0.15) is 5.82 Å². The molecule has 8 heteroatoms. The van der Waals surface area contributed by atoms with Crippen molar-refractivity contribution >= 4 is 35.0 Å². The van der Waals surface area contributed by atoms with Crippen LogP contribution in [0.3, 0.4) is 0 Å². The Hall–Kier alpha value is -2.93. The van der Waals surface area contributed by atoms with Crippen LogP contribution in [0.2, 0.25) is 5.02 Å². The topological polar surface area (TPSA) is 78.5 Å². The van der Waals surface area contributed by atoms with Crippen LogP contribution in [-0.2, 0) is 15.0 Å². The average Bonchev–Trinajstić information content (AvgIpc) is 2.65. The van der Waals surface area contributed by atoms with Crippen LogP contribution in [0.5, 0.6) is 0 Å². The van der Waals surface area contributed by atoms with Crippen LogP contribution in [-0.4, -0.2) is 43.3 Å². The molecular weight excluding hydrogens is 397 g/mol. The molecule has 0 fully saturated rings. The van der Waals surface area contributed by atoms with Gasteiger partial charge in [-0.3, -0.25) is 14.4 Å². The van der Waals surface area contributed by atoms with E-state index in [-0.39, 0.29) is 17.5 Å². The highest BCUT2D eigenvalue weighted by atomic mass is 35.5. The Morgan fingerprint density at radius 3 is 2.38 bits per heavy atom. The molecule has 2 rings (SSSR count). The van der Waals surface area contributed by atoms with Crippen LogP contribution in [0.1, 0.15) is 29.8 Å². The lowest BCUT2D eigenvalue weighted by molar-refractivity contribution is -0.136. The lowest BCUT2D eigenvalue weighted by Gasteiger charge is -2.26. The van der Waals surface area contributed by atoms with Crippen molar-refractivity contribution in [2.75, 3.05) is 26.0 Å². The van der Waals surface area contributed by atoms with Crippen LogP contribution >= 0.6 is 11.6 Å². The molecule has 154 valence electrons. The largest absolute Gasteiger partial charge is 0.347 e.